The van der Waals surface area contributed by atoms with E-state index in [1.807, 2.05) is 18.3 Å². The molecule has 0 aromatic carbocycles. The molecule has 0 spiro atoms. The Bertz CT molecular complexity index is 509. The van der Waals surface area contributed by atoms with E-state index in [1.165, 1.54) is 38.5 Å². The average molecular weight is 325 g/mol. The SMILES string of the molecule is CCCCCCCCNc1nc2c(Br)cccn2n1. The fraction of sp³-hybridized carbons (Fsp3) is 0.571. The number of aromatic nitrogens is 3. The highest BCUT2D eigenvalue weighted by Crippen LogP contribution is 2.16. The minimum atomic E-state index is 0.709. The van der Waals surface area contributed by atoms with Crippen LogP contribution in [0, 0.1) is 0 Å². The van der Waals surface area contributed by atoms with Crippen LogP contribution >= 0.6 is 15.9 Å². The van der Waals surface area contributed by atoms with Gasteiger partial charge in [0.05, 0.1) is 4.47 Å². The van der Waals surface area contributed by atoms with E-state index in [2.05, 4.69) is 38.3 Å². The van der Waals surface area contributed by atoms with Gasteiger partial charge in [-0.1, -0.05) is 39.0 Å². The summed E-state index contributed by atoms with van der Waals surface area (Å²) in [5, 5.41) is 7.67. The van der Waals surface area contributed by atoms with Gasteiger partial charge in [-0.25, -0.2) is 4.52 Å². The number of pyridine rings is 1. The van der Waals surface area contributed by atoms with Crippen molar-refractivity contribution in [3.8, 4) is 0 Å². The molecule has 0 saturated carbocycles. The second kappa shape index (κ2) is 7.48. The molecule has 0 fully saturated rings. The molecule has 0 bridgehead atoms. The number of unbranched alkanes of at least 4 members (excludes halogenated alkanes) is 5. The zero-order valence-electron chi connectivity index (χ0n) is 11.4. The third-order valence-electron chi connectivity index (χ3n) is 3.13. The second-order valence-corrected chi connectivity index (χ2v) is 5.61. The molecule has 0 radical (unpaired) electrons. The lowest BCUT2D eigenvalue weighted by Crippen LogP contribution is -2.03. The van der Waals surface area contributed by atoms with Gasteiger partial charge in [-0.15, -0.1) is 5.10 Å². The minimum Gasteiger partial charge on any atom is -0.353 e. The monoisotopic (exact) mass is 324 g/mol. The maximum absolute atomic E-state index is 4.45. The normalized spacial score (nSPS) is 11.1. The minimum absolute atomic E-state index is 0.709. The van der Waals surface area contributed by atoms with E-state index < -0.39 is 0 Å². The highest BCUT2D eigenvalue weighted by molar-refractivity contribution is 9.10. The van der Waals surface area contributed by atoms with Crippen LogP contribution in [-0.2, 0) is 0 Å². The van der Waals surface area contributed by atoms with Gasteiger partial charge >= 0.3 is 0 Å². The first-order valence-electron chi connectivity index (χ1n) is 7.06. The van der Waals surface area contributed by atoms with Crippen LogP contribution in [0.3, 0.4) is 0 Å². The molecule has 0 saturated heterocycles. The number of anilines is 1. The third-order valence-corrected chi connectivity index (χ3v) is 3.75. The van der Waals surface area contributed by atoms with Crippen molar-refractivity contribution in [2.45, 2.75) is 45.4 Å². The van der Waals surface area contributed by atoms with Gasteiger partial charge in [0, 0.05) is 12.7 Å². The van der Waals surface area contributed by atoms with Crippen molar-refractivity contribution in [3.05, 3.63) is 22.8 Å². The van der Waals surface area contributed by atoms with Crippen LogP contribution in [0.15, 0.2) is 22.8 Å². The van der Waals surface area contributed by atoms with Gasteiger partial charge in [0.1, 0.15) is 0 Å². The summed E-state index contributed by atoms with van der Waals surface area (Å²) in [6.07, 6.45) is 9.72. The fourth-order valence-corrected chi connectivity index (χ4v) is 2.48. The average Bonchev–Trinajstić information content (AvgIpc) is 2.82. The van der Waals surface area contributed by atoms with Gasteiger partial charge in [-0.05, 0) is 34.5 Å². The largest absolute Gasteiger partial charge is 0.353 e. The topological polar surface area (TPSA) is 42.2 Å². The Balaban J connectivity index is 1.74. The van der Waals surface area contributed by atoms with Crippen LogP contribution in [-0.4, -0.2) is 21.1 Å². The predicted octanol–water partition coefficient (Wildman–Crippen LogP) is 4.26. The summed E-state index contributed by atoms with van der Waals surface area (Å²) < 4.78 is 2.75. The molecule has 2 aromatic heterocycles. The highest BCUT2D eigenvalue weighted by Gasteiger charge is 2.04. The summed E-state index contributed by atoms with van der Waals surface area (Å²) in [6.45, 7) is 3.19. The van der Waals surface area contributed by atoms with E-state index in [9.17, 15) is 0 Å². The quantitative estimate of drug-likeness (QED) is 0.737. The number of nitrogens with zero attached hydrogens (tertiary/aromatic N) is 3. The summed E-state index contributed by atoms with van der Waals surface area (Å²) >= 11 is 3.48. The van der Waals surface area contributed by atoms with Crippen LogP contribution in [0.25, 0.3) is 5.65 Å². The first kappa shape index (κ1) is 14.3. The molecule has 1 N–H and O–H groups in total. The molecule has 2 heterocycles. The fourth-order valence-electron chi connectivity index (χ4n) is 2.05. The summed E-state index contributed by atoms with van der Waals surface area (Å²) in [7, 11) is 0. The van der Waals surface area contributed by atoms with Crippen LogP contribution in [0.5, 0.6) is 0 Å². The first-order chi connectivity index (χ1) is 9.31. The molecular formula is C14H21BrN4. The number of hydrogen-bond donors (Lipinski definition) is 1. The molecular weight excluding hydrogens is 304 g/mol. The first-order valence-corrected chi connectivity index (χ1v) is 7.85. The molecule has 2 rings (SSSR count). The van der Waals surface area contributed by atoms with Gasteiger partial charge < -0.3 is 5.32 Å². The van der Waals surface area contributed by atoms with Crippen molar-refractivity contribution in [1.82, 2.24) is 14.6 Å². The number of nitrogens with one attached hydrogen (secondary N) is 1. The Morgan fingerprint density at radius 1 is 1.21 bits per heavy atom. The summed E-state index contributed by atoms with van der Waals surface area (Å²) in [6, 6.07) is 3.92. The van der Waals surface area contributed by atoms with E-state index in [0.717, 1.165) is 16.7 Å². The maximum Gasteiger partial charge on any atom is 0.243 e. The maximum atomic E-state index is 4.45. The smallest absolute Gasteiger partial charge is 0.243 e. The standard InChI is InChI=1S/C14H21BrN4/c1-2-3-4-5-6-7-10-16-14-17-13-12(15)9-8-11-19(13)18-14/h8-9,11H,2-7,10H2,1H3,(H,16,18). The Labute approximate surface area is 122 Å². The van der Waals surface area contributed by atoms with Crippen molar-refractivity contribution in [2.75, 3.05) is 11.9 Å². The lowest BCUT2D eigenvalue weighted by molar-refractivity contribution is 0.616. The van der Waals surface area contributed by atoms with Crippen molar-refractivity contribution in [1.29, 1.82) is 0 Å². The Hall–Kier alpha value is -1.10. The molecule has 2 aromatic rings. The molecule has 0 amide bonds. The summed E-state index contributed by atoms with van der Waals surface area (Å²) in [5.74, 6) is 0.709. The zero-order chi connectivity index (χ0) is 13.5. The van der Waals surface area contributed by atoms with E-state index in [0.29, 0.717) is 5.95 Å². The zero-order valence-corrected chi connectivity index (χ0v) is 13.0. The molecule has 0 aliphatic carbocycles. The summed E-state index contributed by atoms with van der Waals surface area (Å²) in [5.41, 5.74) is 0.855. The van der Waals surface area contributed by atoms with Gasteiger partial charge in [0.25, 0.3) is 0 Å². The van der Waals surface area contributed by atoms with Crippen molar-refractivity contribution >= 4 is 27.5 Å². The number of rotatable bonds is 8. The molecule has 0 aliphatic heterocycles. The third kappa shape index (κ3) is 4.20. The number of hydrogen-bond acceptors (Lipinski definition) is 3. The van der Waals surface area contributed by atoms with Crippen molar-refractivity contribution < 1.29 is 0 Å². The van der Waals surface area contributed by atoms with Crippen LogP contribution in [0.4, 0.5) is 5.95 Å². The molecule has 19 heavy (non-hydrogen) atoms. The molecule has 4 nitrogen and oxygen atoms in total. The molecule has 0 aliphatic rings. The van der Waals surface area contributed by atoms with Crippen molar-refractivity contribution in [3.63, 3.8) is 0 Å². The van der Waals surface area contributed by atoms with Crippen molar-refractivity contribution in [2.24, 2.45) is 0 Å². The summed E-state index contributed by atoms with van der Waals surface area (Å²) in [4.78, 5) is 4.45. The van der Waals surface area contributed by atoms with E-state index in [-0.39, 0.29) is 0 Å². The molecule has 0 atom stereocenters. The highest BCUT2D eigenvalue weighted by atomic mass is 79.9. The van der Waals surface area contributed by atoms with Gasteiger partial charge in [-0.3, -0.25) is 0 Å². The van der Waals surface area contributed by atoms with Gasteiger partial charge in [0.15, 0.2) is 5.65 Å². The lowest BCUT2D eigenvalue weighted by atomic mass is 10.1. The molecule has 104 valence electrons. The van der Waals surface area contributed by atoms with E-state index in [4.69, 9.17) is 0 Å². The Morgan fingerprint density at radius 2 is 2.00 bits per heavy atom. The lowest BCUT2D eigenvalue weighted by Gasteiger charge is -2.01. The van der Waals surface area contributed by atoms with Crippen LogP contribution < -0.4 is 5.32 Å². The van der Waals surface area contributed by atoms with Crippen LogP contribution in [0.1, 0.15) is 45.4 Å². The van der Waals surface area contributed by atoms with Crippen LogP contribution in [0.2, 0.25) is 0 Å². The number of halogens is 1. The van der Waals surface area contributed by atoms with E-state index >= 15 is 0 Å². The van der Waals surface area contributed by atoms with E-state index in [1.54, 1.807) is 4.52 Å². The Kier molecular flexibility index (Phi) is 5.63. The molecule has 5 heteroatoms. The number of fused-ring (bicyclic) bond motifs is 1. The predicted molar refractivity (Wildman–Crippen MR) is 82.6 cm³/mol. The second-order valence-electron chi connectivity index (χ2n) is 4.75. The Morgan fingerprint density at radius 3 is 2.79 bits per heavy atom. The van der Waals surface area contributed by atoms with Gasteiger partial charge in [0.2, 0.25) is 5.95 Å². The van der Waals surface area contributed by atoms with Gasteiger partial charge in [-0.2, -0.15) is 4.98 Å². The molecule has 0 unspecified atom stereocenters.